The number of carbonyl (C=O) groups excluding carboxylic acids is 2. The molecular weight excluding hydrogens is 374 g/mol. The molecular formula is C21H17N3O3S. The molecule has 0 unspecified atom stereocenters. The van der Waals surface area contributed by atoms with E-state index in [4.69, 9.17) is 4.74 Å². The van der Waals surface area contributed by atoms with Crippen LogP contribution in [0.5, 0.6) is 0 Å². The fourth-order valence-electron chi connectivity index (χ4n) is 3.07. The van der Waals surface area contributed by atoms with Gasteiger partial charge in [-0.2, -0.15) is 5.10 Å². The highest BCUT2D eigenvalue weighted by Crippen LogP contribution is 2.29. The molecule has 6 nitrogen and oxygen atoms in total. The number of rotatable bonds is 5. The molecule has 3 heterocycles. The van der Waals surface area contributed by atoms with Gasteiger partial charge >= 0.3 is 5.97 Å². The molecule has 0 aliphatic heterocycles. The summed E-state index contributed by atoms with van der Waals surface area (Å²) in [5.41, 5.74) is 2.83. The second-order valence-corrected chi connectivity index (χ2v) is 7.25. The van der Waals surface area contributed by atoms with Crippen LogP contribution in [0.3, 0.4) is 0 Å². The number of hydrogen-bond acceptors (Lipinski definition) is 6. The molecule has 0 saturated heterocycles. The average Bonchev–Trinajstić information content (AvgIpc) is 3.34. The lowest BCUT2D eigenvalue weighted by Gasteiger charge is -2.08. The number of ketones is 1. The first kappa shape index (κ1) is 18.1. The lowest BCUT2D eigenvalue weighted by molar-refractivity contribution is 0.0476. The van der Waals surface area contributed by atoms with E-state index in [9.17, 15) is 9.59 Å². The number of aryl methyl sites for hydroxylation is 2. The van der Waals surface area contributed by atoms with E-state index in [0.717, 1.165) is 4.88 Å². The van der Waals surface area contributed by atoms with Gasteiger partial charge < -0.3 is 4.74 Å². The molecule has 0 spiro atoms. The average molecular weight is 391 g/mol. The maximum absolute atomic E-state index is 12.8. The van der Waals surface area contributed by atoms with Crippen molar-refractivity contribution in [2.24, 2.45) is 7.05 Å². The van der Waals surface area contributed by atoms with Crippen LogP contribution in [-0.2, 0) is 11.8 Å². The lowest BCUT2D eigenvalue weighted by Crippen LogP contribution is -2.15. The zero-order chi connectivity index (χ0) is 19.7. The van der Waals surface area contributed by atoms with Crippen molar-refractivity contribution in [3.63, 3.8) is 0 Å². The topological polar surface area (TPSA) is 74.1 Å². The Balaban J connectivity index is 1.68. The number of pyridine rings is 1. The Kier molecular flexibility index (Phi) is 4.75. The quantitative estimate of drug-likeness (QED) is 0.379. The molecule has 28 heavy (non-hydrogen) atoms. The van der Waals surface area contributed by atoms with Gasteiger partial charge in [-0.25, -0.2) is 9.78 Å². The third kappa shape index (κ3) is 3.32. The number of benzene rings is 1. The summed E-state index contributed by atoms with van der Waals surface area (Å²) in [7, 11) is 1.79. The zero-order valence-electron chi connectivity index (χ0n) is 15.4. The van der Waals surface area contributed by atoms with Crippen molar-refractivity contribution in [2.75, 3.05) is 6.61 Å². The van der Waals surface area contributed by atoms with Gasteiger partial charge in [-0.05, 0) is 24.4 Å². The maximum atomic E-state index is 12.8. The second-order valence-electron chi connectivity index (χ2n) is 6.31. The highest BCUT2D eigenvalue weighted by atomic mass is 32.1. The van der Waals surface area contributed by atoms with Gasteiger partial charge in [0.15, 0.2) is 18.0 Å². The minimum absolute atomic E-state index is 0.249. The van der Waals surface area contributed by atoms with Crippen LogP contribution in [0.4, 0.5) is 0 Å². The van der Waals surface area contributed by atoms with Crippen LogP contribution >= 0.6 is 11.3 Å². The first-order valence-electron chi connectivity index (χ1n) is 8.68. The van der Waals surface area contributed by atoms with Crippen molar-refractivity contribution < 1.29 is 14.3 Å². The molecule has 0 saturated carbocycles. The van der Waals surface area contributed by atoms with E-state index in [1.54, 1.807) is 42.1 Å². The molecule has 0 aliphatic carbocycles. The standard InChI is InChI=1S/C21H17N3O3S/c1-13-19-15(21(26)27-12-17(25)14-7-4-3-5-8-14)11-16(18-9-6-10-28-18)22-20(19)24(2)23-13/h3-11H,12H2,1-2H3. The molecule has 140 valence electrons. The van der Waals surface area contributed by atoms with Crippen LogP contribution in [0.25, 0.3) is 21.6 Å². The molecule has 0 N–H and O–H groups in total. The Hall–Kier alpha value is -3.32. The predicted molar refractivity (Wildman–Crippen MR) is 108 cm³/mol. The van der Waals surface area contributed by atoms with Crippen molar-refractivity contribution >= 4 is 34.1 Å². The van der Waals surface area contributed by atoms with Gasteiger partial charge in [-0.1, -0.05) is 36.4 Å². The molecule has 0 fully saturated rings. The minimum atomic E-state index is -0.564. The number of carbonyl (C=O) groups is 2. The maximum Gasteiger partial charge on any atom is 0.339 e. The van der Waals surface area contributed by atoms with Crippen LogP contribution in [0, 0.1) is 6.92 Å². The second kappa shape index (κ2) is 7.36. The first-order valence-corrected chi connectivity index (χ1v) is 9.56. The summed E-state index contributed by atoms with van der Waals surface area (Å²) < 4.78 is 6.99. The van der Waals surface area contributed by atoms with Crippen LogP contribution in [0.1, 0.15) is 26.4 Å². The fraction of sp³-hybridized carbons (Fsp3) is 0.143. The Morgan fingerprint density at radius 1 is 1.14 bits per heavy atom. The van der Waals surface area contributed by atoms with Crippen molar-refractivity contribution in [2.45, 2.75) is 6.92 Å². The number of thiophene rings is 1. The largest absolute Gasteiger partial charge is 0.454 e. The van der Waals surface area contributed by atoms with Crippen LogP contribution in [-0.4, -0.2) is 33.1 Å². The molecule has 0 radical (unpaired) electrons. The van der Waals surface area contributed by atoms with Crippen molar-refractivity contribution in [1.82, 2.24) is 14.8 Å². The van der Waals surface area contributed by atoms with Crippen LogP contribution in [0.2, 0.25) is 0 Å². The highest BCUT2D eigenvalue weighted by molar-refractivity contribution is 7.13. The van der Waals surface area contributed by atoms with Crippen molar-refractivity contribution in [1.29, 1.82) is 0 Å². The molecule has 3 aromatic heterocycles. The zero-order valence-corrected chi connectivity index (χ0v) is 16.2. The van der Waals surface area contributed by atoms with E-state index in [2.05, 4.69) is 10.1 Å². The molecule has 4 rings (SSSR count). The Bertz CT molecular complexity index is 1160. The first-order chi connectivity index (χ1) is 13.5. The van der Waals surface area contributed by atoms with E-state index in [1.165, 1.54) is 11.3 Å². The van der Waals surface area contributed by atoms with Crippen molar-refractivity contribution in [3.05, 3.63) is 70.7 Å². The van der Waals surface area contributed by atoms with Gasteiger partial charge in [0.05, 0.1) is 27.2 Å². The fourth-order valence-corrected chi connectivity index (χ4v) is 3.76. The molecule has 0 atom stereocenters. The number of nitrogens with zero attached hydrogens (tertiary/aromatic N) is 3. The Labute approximate surface area is 165 Å². The summed E-state index contributed by atoms with van der Waals surface area (Å²) in [5, 5.41) is 6.97. The van der Waals surface area contributed by atoms with Gasteiger partial charge in [-0.3, -0.25) is 9.48 Å². The Morgan fingerprint density at radius 2 is 1.93 bits per heavy atom. The van der Waals surface area contributed by atoms with E-state index in [0.29, 0.717) is 33.5 Å². The number of aromatic nitrogens is 3. The third-order valence-electron chi connectivity index (χ3n) is 4.39. The SMILES string of the molecule is Cc1nn(C)c2nc(-c3cccs3)cc(C(=O)OCC(=O)c3ccccc3)c12. The predicted octanol–water partition coefficient (Wildman–Crippen LogP) is 4.04. The summed E-state index contributed by atoms with van der Waals surface area (Å²) in [5.74, 6) is -0.814. The number of esters is 1. The monoisotopic (exact) mass is 391 g/mol. The van der Waals surface area contributed by atoms with Gasteiger partial charge in [0, 0.05) is 12.6 Å². The summed E-state index contributed by atoms with van der Waals surface area (Å²) in [4.78, 5) is 30.7. The van der Waals surface area contributed by atoms with E-state index in [1.807, 2.05) is 30.5 Å². The molecule has 4 aromatic rings. The number of hydrogen-bond donors (Lipinski definition) is 0. The van der Waals surface area contributed by atoms with E-state index in [-0.39, 0.29) is 12.4 Å². The van der Waals surface area contributed by atoms with Crippen LogP contribution < -0.4 is 0 Å². The minimum Gasteiger partial charge on any atom is -0.454 e. The van der Waals surface area contributed by atoms with E-state index < -0.39 is 5.97 Å². The molecule has 1 aromatic carbocycles. The number of ether oxygens (including phenoxy) is 1. The third-order valence-corrected chi connectivity index (χ3v) is 5.28. The summed E-state index contributed by atoms with van der Waals surface area (Å²) in [6.45, 7) is 1.50. The van der Waals surface area contributed by atoms with Crippen molar-refractivity contribution in [3.8, 4) is 10.6 Å². The molecule has 0 amide bonds. The molecule has 0 aliphatic rings. The molecule has 7 heteroatoms. The summed E-state index contributed by atoms with van der Waals surface area (Å²) in [6.07, 6.45) is 0. The highest BCUT2D eigenvalue weighted by Gasteiger charge is 2.21. The summed E-state index contributed by atoms with van der Waals surface area (Å²) >= 11 is 1.53. The number of fused-ring (bicyclic) bond motifs is 1. The Morgan fingerprint density at radius 3 is 2.64 bits per heavy atom. The van der Waals surface area contributed by atoms with Crippen LogP contribution in [0.15, 0.2) is 53.9 Å². The molecule has 0 bridgehead atoms. The van der Waals surface area contributed by atoms with E-state index >= 15 is 0 Å². The smallest absolute Gasteiger partial charge is 0.339 e. The normalized spacial score (nSPS) is 10.9. The van der Waals surface area contributed by atoms with Gasteiger partial charge in [0.1, 0.15) is 0 Å². The van der Waals surface area contributed by atoms with Gasteiger partial charge in [-0.15, -0.1) is 11.3 Å². The number of Topliss-reactive ketones (excluding diaryl/α,β-unsaturated/α-hetero) is 1. The summed E-state index contributed by atoms with van der Waals surface area (Å²) in [6, 6.07) is 14.3. The van der Waals surface area contributed by atoms with Gasteiger partial charge in [0.2, 0.25) is 0 Å². The van der Waals surface area contributed by atoms with Gasteiger partial charge in [0.25, 0.3) is 0 Å². The lowest BCUT2D eigenvalue weighted by atomic mass is 10.1.